The minimum Gasteiger partial charge on any atom is -0.391 e. The number of benzene rings is 1. The summed E-state index contributed by atoms with van der Waals surface area (Å²) in [5, 5.41) is 20.4. The maximum Gasteiger partial charge on any atom is 0.245 e. The zero-order valence-electron chi connectivity index (χ0n) is 22.7. The summed E-state index contributed by atoms with van der Waals surface area (Å²) in [5.41, 5.74) is 0.0905. The van der Waals surface area contributed by atoms with Crippen LogP contribution in [-0.2, 0) is 35.1 Å². The number of hydrogen-bond donors (Lipinski definition) is 5. The van der Waals surface area contributed by atoms with Gasteiger partial charge in [0.05, 0.1) is 19.3 Å². The zero-order valence-corrected chi connectivity index (χ0v) is 22.7. The number of ketones is 1. The number of aliphatic hydroxyl groups is 1. The van der Waals surface area contributed by atoms with Gasteiger partial charge in [-0.2, -0.15) is 0 Å². The lowest BCUT2D eigenvalue weighted by Gasteiger charge is -2.27. The fourth-order valence-electron chi connectivity index (χ4n) is 3.84. The normalized spacial score (nSPS) is 19.4. The van der Waals surface area contributed by atoms with Gasteiger partial charge in [0.25, 0.3) is 0 Å². The number of nitrogens with one attached hydrogen (secondary N) is 4. The minimum atomic E-state index is -1.35. The molecule has 0 spiro atoms. The van der Waals surface area contributed by atoms with Gasteiger partial charge in [-0.05, 0) is 44.6 Å². The molecule has 1 aromatic carbocycles. The van der Waals surface area contributed by atoms with E-state index >= 15 is 0 Å². The summed E-state index contributed by atoms with van der Waals surface area (Å²) in [7, 11) is 0. The molecule has 11 nitrogen and oxygen atoms in total. The van der Waals surface area contributed by atoms with E-state index in [2.05, 4.69) is 21.3 Å². The predicted octanol–water partition coefficient (Wildman–Crippen LogP) is -0.00540. The summed E-state index contributed by atoms with van der Waals surface area (Å²) in [6, 6.07) is 6.26. The maximum absolute atomic E-state index is 13.2. The molecular formula is C27H40N4O7. The number of hydrogen-bond acceptors (Lipinski definition) is 7. The highest BCUT2D eigenvalue weighted by molar-refractivity contribution is 5.97. The van der Waals surface area contributed by atoms with Crippen LogP contribution in [0.15, 0.2) is 30.3 Å². The largest absolute Gasteiger partial charge is 0.391 e. The Hall–Kier alpha value is -3.31. The summed E-state index contributed by atoms with van der Waals surface area (Å²) < 4.78 is 5.07. The summed E-state index contributed by atoms with van der Waals surface area (Å²) in [5.74, 6) is -2.62. The molecule has 0 radical (unpaired) electrons. The lowest BCUT2D eigenvalue weighted by Crippen LogP contribution is -2.59. The van der Waals surface area contributed by atoms with Crippen molar-refractivity contribution in [3.05, 3.63) is 35.9 Å². The van der Waals surface area contributed by atoms with Crippen LogP contribution in [0.5, 0.6) is 0 Å². The molecule has 5 N–H and O–H groups in total. The number of amides is 4. The van der Waals surface area contributed by atoms with Gasteiger partial charge in [0.15, 0.2) is 5.78 Å². The SMILES string of the molecule is CC(=O)N[C@@H](CCc1ccccc1)C(=O)N[C@@H](CC(C)C)C(=O)N[C@H](C(=O)NCC(=O)[C@@]1(C)CO1)[C@@H](C)O. The van der Waals surface area contributed by atoms with Gasteiger partial charge in [-0.25, -0.2) is 0 Å². The quantitative estimate of drug-likeness (QED) is 0.198. The van der Waals surface area contributed by atoms with Gasteiger partial charge in [-0.15, -0.1) is 0 Å². The smallest absolute Gasteiger partial charge is 0.245 e. The molecule has 5 atom stereocenters. The molecule has 4 amide bonds. The molecule has 0 saturated carbocycles. The Morgan fingerprint density at radius 1 is 0.947 bits per heavy atom. The minimum absolute atomic E-state index is 0.00492. The lowest BCUT2D eigenvalue weighted by atomic mass is 10.0. The summed E-state index contributed by atoms with van der Waals surface area (Å²) in [4.78, 5) is 62.9. The van der Waals surface area contributed by atoms with Gasteiger partial charge in [0, 0.05) is 6.92 Å². The number of carbonyl (C=O) groups excluding carboxylic acids is 5. The first-order chi connectivity index (χ1) is 17.8. The highest BCUT2D eigenvalue weighted by Gasteiger charge is 2.46. The number of rotatable bonds is 15. The Bertz CT molecular complexity index is 992. The van der Waals surface area contributed by atoms with E-state index in [0.29, 0.717) is 12.8 Å². The molecule has 1 saturated heterocycles. The van der Waals surface area contributed by atoms with Crippen LogP contribution in [0.1, 0.15) is 53.0 Å². The van der Waals surface area contributed by atoms with Crippen molar-refractivity contribution in [3.8, 4) is 0 Å². The lowest BCUT2D eigenvalue weighted by molar-refractivity contribution is -0.135. The van der Waals surface area contributed by atoms with E-state index in [9.17, 15) is 29.1 Å². The van der Waals surface area contributed by atoms with Crippen LogP contribution in [0.3, 0.4) is 0 Å². The second kappa shape index (κ2) is 14.0. The van der Waals surface area contributed by atoms with Crippen molar-refractivity contribution in [1.82, 2.24) is 21.3 Å². The van der Waals surface area contributed by atoms with Crippen LogP contribution >= 0.6 is 0 Å². The molecule has 2 rings (SSSR count). The Labute approximate surface area is 223 Å². The molecule has 1 aliphatic heterocycles. The van der Waals surface area contributed by atoms with Crippen molar-refractivity contribution in [2.45, 2.75) is 83.7 Å². The van der Waals surface area contributed by atoms with Crippen LogP contribution in [-0.4, -0.2) is 77.5 Å². The van der Waals surface area contributed by atoms with E-state index in [1.165, 1.54) is 13.8 Å². The third kappa shape index (κ3) is 9.86. The molecule has 1 aromatic rings. The standard InChI is InChI=1S/C27H40N4O7/c1-16(2)13-21(30-24(35)20(29-18(4)33)12-11-19-9-7-6-8-10-19)25(36)31-23(17(3)32)26(37)28-14-22(34)27(5)15-38-27/h6-10,16-17,20-21,23,32H,11-15H2,1-5H3,(H,28,37)(H,29,33)(H,30,35)(H,31,36)/t17-,20+,21+,23+,27-/m1/s1. The first-order valence-corrected chi connectivity index (χ1v) is 12.9. The molecule has 0 unspecified atom stereocenters. The van der Waals surface area contributed by atoms with Crippen LogP contribution in [0, 0.1) is 5.92 Å². The highest BCUT2D eigenvalue weighted by atomic mass is 16.6. The van der Waals surface area contributed by atoms with Crippen LogP contribution in [0.2, 0.25) is 0 Å². The van der Waals surface area contributed by atoms with E-state index < -0.39 is 47.6 Å². The zero-order chi connectivity index (χ0) is 28.5. The molecule has 38 heavy (non-hydrogen) atoms. The van der Waals surface area contributed by atoms with Gasteiger partial charge in [0.2, 0.25) is 23.6 Å². The summed E-state index contributed by atoms with van der Waals surface area (Å²) in [6.07, 6.45) is -0.158. The van der Waals surface area contributed by atoms with E-state index in [-0.39, 0.29) is 37.2 Å². The molecule has 1 heterocycles. The number of epoxide rings is 1. The molecule has 1 fully saturated rings. The van der Waals surface area contributed by atoms with Gasteiger partial charge in [-0.1, -0.05) is 44.2 Å². The average molecular weight is 533 g/mol. The number of ether oxygens (including phenoxy) is 1. The summed E-state index contributed by atoms with van der Waals surface area (Å²) in [6.45, 7) is 7.98. The average Bonchev–Trinajstić information content (AvgIpc) is 3.61. The van der Waals surface area contributed by atoms with Gasteiger partial charge >= 0.3 is 0 Å². The Kier molecular flexibility index (Phi) is 11.4. The van der Waals surface area contributed by atoms with Gasteiger partial charge in [0.1, 0.15) is 23.7 Å². The highest BCUT2D eigenvalue weighted by Crippen LogP contribution is 2.26. The maximum atomic E-state index is 13.2. The summed E-state index contributed by atoms with van der Waals surface area (Å²) >= 11 is 0. The van der Waals surface area contributed by atoms with E-state index in [1.54, 1.807) is 6.92 Å². The second-order valence-corrected chi connectivity index (χ2v) is 10.4. The van der Waals surface area contributed by atoms with Crippen molar-refractivity contribution in [1.29, 1.82) is 0 Å². The van der Waals surface area contributed by atoms with Crippen molar-refractivity contribution in [2.24, 2.45) is 5.92 Å². The topological polar surface area (TPSA) is 166 Å². The fourth-order valence-corrected chi connectivity index (χ4v) is 3.84. The first kappa shape index (κ1) is 30.9. The number of aliphatic hydroxyl groups excluding tert-OH is 1. The van der Waals surface area contributed by atoms with Crippen LogP contribution < -0.4 is 21.3 Å². The molecule has 0 aliphatic carbocycles. The van der Waals surface area contributed by atoms with Crippen LogP contribution in [0.25, 0.3) is 0 Å². The predicted molar refractivity (Wildman–Crippen MR) is 140 cm³/mol. The second-order valence-electron chi connectivity index (χ2n) is 10.4. The first-order valence-electron chi connectivity index (χ1n) is 12.9. The monoisotopic (exact) mass is 532 g/mol. The Morgan fingerprint density at radius 2 is 1.55 bits per heavy atom. The molecule has 1 aliphatic rings. The van der Waals surface area contributed by atoms with E-state index in [1.807, 2.05) is 44.2 Å². The number of carbonyl (C=O) groups is 5. The Balaban J connectivity index is 2.06. The van der Waals surface area contributed by atoms with Crippen molar-refractivity contribution < 1.29 is 33.8 Å². The van der Waals surface area contributed by atoms with Crippen LogP contribution in [0.4, 0.5) is 0 Å². The molecule has 210 valence electrons. The number of Topliss-reactive ketones (excluding diaryl/α,β-unsaturated/α-hetero) is 1. The molecular weight excluding hydrogens is 492 g/mol. The van der Waals surface area contributed by atoms with E-state index in [0.717, 1.165) is 5.56 Å². The third-order valence-corrected chi connectivity index (χ3v) is 6.25. The van der Waals surface area contributed by atoms with Crippen molar-refractivity contribution in [2.75, 3.05) is 13.2 Å². The third-order valence-electron chi connectivity index (χ3n) is 6.25. The van der Waals surface area contributed by atoms with Crippen molar-refractivity contribution >= 4 is 29.4 Å². The molecule has 11 heteroatoms. The van der Waals surface area contributed by atoms with Crippen molar-refractivity contribution in [3.63, 3.8) is 0 Å². The molecule has 0 aromatic heterocycles. The fraction of sp³-hybridized carbons (Fsp3) is 0.593. The number of aryl methyl sites for hydroxylation is 1. The van der Waals surface area contributed by atoms with Gasteiger partial charge < -0.3 is 31.1 Å². The molecule has 0 bridgehead atoms. The van der Waals surface area contributed by atoms with E-state index in [4.69, 9.17) is 4.74 Å². The Morgan fingerprint density at radius 3 is 2.08 bits per heavy atom. The van der Waals surface area contributed by atoms with Gasteiger partial charge in [-0.3, -0.25) is 24.0 Å².